The Morgan fingerprint density at radius 2 is 2.25 bits per heavy atom. The van der Waals surface area contributed by atoms with Crippen LogP contribution in [0.2, 0.25) is 0 Å². The van der Waals surface area contributed by atoms with Crippen molar-refractivity contribution in [1.29, 1.82) is 0 Å². The number of nitrogens with zero attached hydrogens (tertiary/aromatic N) is 2. The molecule has 0 amide bonds. The van der Waals surface area contributed by atoms with E-state index in [4.69, 9.17) is 0 Å². The molecule has 0 N–H and O–H groups in total. The fourth-order valence-electron chi connectivity index (χ4n) is 1.30. The van der Waals surface area contributed by atoms with Gasteiger partial charge in [-0.1, -0.05) is 5.16 Å². The van der Waals surface area contributed by atoms with Crippen LogP contribution in [0.25, 0.3) is 0 Å². The van der Waals surface area contributed by atoms with Gasteiger partial charge in [-0.05, 0) is 24.6 Å². The van der Waals surface area contributed by atoms with Gasteiger partial charge in [0.05, 0.1) is 23.3 Å². The molecule has 0 aromatic heterocycles. The number of esters is 1. The summed E-state index contributed by atoms with van der Waals surface area (Å²) in [4.78, 5) is 36.3. The number of nitro benzene ring substituents is 1. The molecular formula is C12H12N2O6. The quantitative estimate of drug-likeness (QED) is 0.245. The SMILES string of the molecule is CCOC(=O)CON=Cc1ccc([N+](=O)[O-])c(C=O)c1. The summed E-state index contributed by atoms with van der Waals surface area (Å²) in [6, 6.07) is 3.89. The number of ether oxygens (including phenoxy) is 1. The summed E-state index contributed by atoms with van der Waals surface area (Å²) < 4.78 is 4.61. The maximum Gasteiger partial charge on any atom is 0.347 e. The van der Waals surface area contributed by atoms with E-state index in [9.17, 15) is 19.7 Å². The summed E-state index contributed by atoms with van der Waals surface area (Å²) in [7, 11) is 0. The first kappa shape index (κ1) is 15.3. The molecule has 0 aliphatic rings. The van der Waals surface area contributed by atoms with Crippen molar-refractivity contribution in [1.82, 2.24) is 0 Å². The van der Waals surface area contributed by atoms with Crippen molar-refractivity contribution >= 4 is 24.2 Å². The molecule has 8 heteroatoms. The van der Waals surface area contributed by atoms with Crippen molar-refractivity contribution in [2.24, 2.45) is 5.16 Å². The Morgan fingerprint density at radius 3 is 2.85 bits per heavy atom. The van der Waals surface area contributed by atoms with E-state index in [0.29, 0.717) is 11.8 Å². The second-order valence-electron chi connectivity index (χ2n) is 3.51. The summed E-state index contributed by atoms with van der Waals surface area (Å²) in [6.45, 7) is 1.58. The summed E-state index contributed by atoms with van der Waals surface area (Å²) in [6.07, 6.45) is 1.62. The van der Waals surface area contributed by atoms with Crippen LogP contribution in [0.4, 0.5) is 5.69 Å². The highest BCUT2D eigenvalue weighted by Gasteiger charge is 2.12. The molecule has 1 rings (SSSR count). The van der Waals surface area contributed by atoms with Crippen LogP contribution in [0.3, 0.4) is 0 Å². The molecular weight excluding hydrogens is 268 g/mol. The molecule has 0 saturated carbocycles. The second kappa shape index (κ2) is 7.62. The van der Waals surface area contributed by atoms with Crippen LogP contribution in [0.15, 0.2) is 23.4 Å². The van der Waals surface area contributed by atoms with Gasteiger partial charge in [-0.15, -0.1) is 0 Å². The van der Waals surface area contributed by atoms with E-state index in [1.165, 1.54) is 24.4 Å². The first-order valence-electron chi connectivity index (χ1n) is 5.63. The zero-order valence-corrected chi connectivity index (χ0v) is 10.6. The highest BCUT2D eigenvalue weighted by Crippen LogP contribution is 2.17. The van der Waals surface area contributed by atoms with E-state index in [1.807, 2.05) is 0 Å². The van der Waals surface area contributed by atoms with Gasteiger partial charge < -0.3 is 9.57 Å². The molecule has 0 spiro atoms. The third-order valence-electron chi connectivity index (χ3n) is 2.14. The van der Waals surface area contributed by atoms with Crippen molar-refractivity contribution in [3.05, 3.63) is 39.4 Å². The molecule has 0 atom stereocenters. The van der Waals surface area contributed by atoms with Crippen molar-refractivity contribution in [3.63, 3.8) is 0 Å². The molecule has 0 saturated heterocycles. The van der Waals surface area contributed by atoms with Crippen LogP contribution in [-0.4, -0.2) is 36.6 Å². The summed E-state index contributed by atoms with van der Waals surface area (Å²) in [5.41, 5.74) is 0.0792. The second-order valence-corrected chi connectivity index (χ2v) is 3.51. The number of carbonyl (C=O) groups is 2. The molecule has 0 fully saturated rings. The highest BCUT2D eigenvalue weighted by atomic mass is 16.7. The van der Waals surface area contributed by atoms with Gasteiger partial charge in [0.1, 0.15) is 0 Å². The van der Waals surface area contributed by atoms with Crippen LogP contribution >= 0.6 is 0 Å². The monoisotopic (exact) mass is 280 g/mol. The summed E-state index contributed by atoms with van der Waals surface area (Å²) >= 11 is 0. The lowest BCUT2D eigenvalue weighted by Crippen LogP contribution is -2.10. The minimum Gasteiger partial charge on any atom is -0.463 e. The topological polar surface area (TPSA) is 108 Å². The normalized spacial score (nSPS) is 10.2. The van der Waals surface area contributed by atoms with Gasteiger partial charge in [-0.2, -0.15) is 0 Å². The first-order chi connectivity index (χ1) is 9.58. The van der Waals surface area contributed by atoms with Gasteiger partial charge in [0.25, 0.3) is 5.69 Å². The fraction of sp³-hybridized carbons (Fsp3) is 0.250. The van der Waals surface area contributed by atoms with E-state index >= 15 is 0 Å². The molecule has 8 nitrogen and oxygen atoms in total. The van der Waals surface area contributed by atoms with Crippen molar-refractivity contribution < 1.29 is 24.1 Å². The predicted molar refractivity (Wildman–Crippen MR) is 68.7 cm³/mol. The standard InChI is InChI=1S/C12H12N2O6/c1-2-19-12(16)8-20-13-6-9-3-4-11(14(17)18)10(5-9)7-15/h3-7H,2,8H2,1H3. The lowest BCUT2D eigenvalue weighted by molar-refractivity contribution is -0.385. The molecule has 0 radical (unpaired) electrons. The van der Waals surface area contributed by atoms with Gasteiger partial charge in [-0.3, -0.25) is 14.9 Å². The lowest BCUT2D eigenvalue weighted by atomic mass is 10.1. The molecule has 0 aliphatic carbocycles. The van der Waals surface area contributed by atoms with Crippen LogP contribution in [0.5, 0.6) is 0 Å². The van der Waals surface area contributed by atoms with E-state index in [-0.39, 0.29) is 24.5 Å². The molecule has 0 heterocycles. The number of nitro groups is 1. The molecule has 1 aromatic rings. The largest absolute Gasteiger partial charge is 0.463 e. The van der Waals surface area contributed by atoms with Crippen molar-refractivity contribution in [3.8, 4) is 0 Å². The lowest BCUT2D eigenvalue weighted by Gasteiger charge is -2.00. The smallest absolute Gasteiger partial charge is 0.347 e. The number of aldehydes is 1. The molecule has 0 aliphatic heterocycles. The molecule has 0 bridgehead atoms. The average molecular weight is 280 g/mol. The molecule has 106 valence electrons. The highest BCUT2D eigenvalue weighted by molar-refractivity contribution is 5.87. The van der Waals surface area contributed by atoms with Crippen LogP contribution in [-0.2, 0) is 14.4 Å². The third-order valence-corrected chi connectivity index (χ3v) is 2.14. The van der Waals surface area contributed by atoms with Gasteiger partial charge in [-0.25, -0.2) is 4.79 Å². The van der Waals surface area contributed by atoms with Gasteiger partial charge in [0.15, 0.2) is 6.29 Å². The Hall–Kier alpha value is -2.77. The number of oxime groups is 1. The predicted octanol–water partition coefficient (Wildman–Crippen LogP) is 1.32. The number of benzene rings is 1. The van der Waals surface area contributed by atoms with Crippen LogP contribution in [0.1, 0.15) is 22.8 Å². The summed E-state index contributed by atoms with van der Waals surface area (Å²) in [5, 5.41) is 14.1. The fourth-order valence-corrected chi connectivity index (χ4v) is 1.30. The van der Waals surface area contributed by atoms with Gasteiger partial charge in [0, 0.05) is 6.07 Å². The van der Waals surface area contributed by atoms with Crippen LogP contribution < -0.4 is 0 Å². The van der Waals surface area contributed by atoms with Crippen LogP contribution in [0, 0.1) is 10.1 Å². The Morgan fingerprint density at radius 1 is 1.50 bits per heavy atom. The van der Waals surface area contributed by atoms with E-state index in [1.54, 1.807) is 6.92 Å². The summed E-state index contributed by atoms with van der Waals surface area (Å²) in [5.74, 6) is -0.554. The maximum atomic E-state index is 10.9. The van der Waals surface area contributed by atoms with E-state index < -0.39 is 10.9 Å². The zero-order chi connectivity index (χ0) is 15.0. The van der Waals surface area contributed by atoms with Gasteiger partial charge >= 0.3 is 5.97 Å². The molecule has 20 heavy (non-hydrogen) atoms. The minimum atomic E-state index is -0.651. The van der Waals surface area contributed by atoms with E-state index in [0.717, 1.165) is 0 Å². The number of hydrogen-bond donors (Lipinski definition) is 0. The Balaban J connectivity index is 2.67. The number of rotatable bonds is 7. The van der Waals surface area contributed by atoms with E-state index in [2.05, 4.69) is 14.7 Å². The Kier molecular flexibility index (Phi) is 5.82. The molecule has 1 aromatic carbocycles. The first-order valence-corrected chi connectivity index (χ1v) is 5.63. The molecule has 0 unspecified atom stereocenters. The Bertz CT molecular complexity index is 541. The minimum absolute atomic E-state index is 0.0654. The van der Waals surface area contributed by atoms with Crippen molar-refractivity contribution in [2.45, 2.75) is 6.92 Å². The third kappa shape index (κ3) is 4.48. The average Bonchev–Trinajstić information content (AvgIpc) is 2.43. The maximum absolute atomic E-state index is 10.9. The van der Waals surface area contributed by atoms with Crippen molar-refractivity contribution in [2.75, 3.05) is 13.2 Å². The number of carbonyl (C=O) groups excluding carboxylic acids is 2. The number of hydrogen-bond acceptors (Lipinski definition) is 7. The zero-order valence-electron chi connectivity index (χ0n) is 10.6. The Labute approximate surface area is 114 Å². The van der Waals surface area contributed by atoms with Gasteiger partial charge in [0.2, 0.25) is 6.61 Å².